The van der Waals surface area contributed by atoms with Crippen molar-refractivity contribution in [1.29, 1.82) is 0 Å². The Labute approximate surface area is 195 Å². The van der Waals surface area contributed by atoms with Gasteiger partial charge >= 0.3 is 0 Å². The minimum absolute atomic E-state index is 0.0286. The van der Waals surface area contributed by atoms with Crippen LogP contribution in [0.2, 0.25) is 0 Å². The van der Waals surface area contributed by atoms with Crippen molar-refractivity contribution in [3.8, 4) is 0 Å². The van der Waals surface area contributed by atoms with E-state index in [-0.39, 0.29) is 5.78 Å². The fourth-order valence-corrected chi connectivity index (χ4v) is 3.74. The van der Waals surface area contributed by atoms with E-state index < -0.39 is 0 Å². The molecule has 0 aliphatic rings. The topological polar surface area (TPSA) is 26.3 Å². The number of allylic oxidation sites excluding steroid dienone is 3. The van der Waals surface area contributed by atoms with Gasteiger partial charge in [-0.25, -0.2) is 0 Å². The summed E-state index contributed by atoms with van der Waals surface area (Å²) >= 11 is 0. The number of ketones is 1. The zero-order valence-corrected chi connectivity index (χ0v) is 18.6. The Balaban J connectivity index is 1.99. The highest BCUT2D eigenvalue weighted by Gasteiger charge is 2.18. The van der Waals surface area contributed by atoms with Crippen LogP contribution in [0.4, 0.5) is 0 Å². The predicted molar refractivity (Wildman–Crippen MR) is 137 cm³/mol. The monoisotopic (exact) mass is 430 g/mol. The number of hydrogen-bond acceptors (Lipinski definition) is 2. The molecule has 0 saturated heterocycles. The summed E-state index contributed by atoms with van der Waals surface area (Å²) in [7, 11) is 0. The lowest BCUT2D eigenvalue weighted by atomic mass is 9.91. The van der Waals surface area contributed by atoms with E-state index in [9.17, 15) is 4.79 Å². The van der Waals surface area contributed by atoms with E-state index in [4.69, 9.17) is 4.74 Å². The fourth-order valence-electron chi connectivity index (χ4n) is 3.74. The van der Waals surface area contributed by atoms with Crippen LogP contribution in [-0.2, 0) is 4.74 Å². The first kappa shape index (κ1) is 22.0. The van der Waals surface area contributed by atoms with Gasteiger partial charge in [-0.1, -0.05) is 121 Å². The summed E-state index contributed by atoms with van der Waals surface area (Å²) in [6.45, 7) is 2.49. The summed E-state index contributed by atoms with van der Waals surface area (Å²) in [6, 6.07) is 39.3. The van der Waals surface area contributed by atoms with Crippen molar-refractivity contribution in [3.05, 3.63) is 150 Å². The smallest absolute Gasteiger partial charge is 0.193 e. The fraction of sp³-hybridized carbons (Fsp3) is 0.0645. The average molecular weight is 431 g/mol. The molecule has 0 saturated carbocycles. The van der Waals surface area contributed by atoms with Crippen LogP contribution in [0.3, 0.4) is 0 Å². The van der Waals surface area contributed by atoms with Gasteiger partial charge in [0.25, 0.3) is 0 Å². The molecule has 4 aromatic rings. The van der Waals surface area contributed by atoms with E-state index in [1.54, 1.807) is 0 Å². The SMILES string of the molecule is CCOC(=C(C=C(C(=O)c1ccccc1)c1ccccc1)c1ccccc1)c1ccccc1. The molecule has 0 fully saturated rings. The lowest BCUT2D eigenvalue weighted by molar-refractivity contribution is 0.105. The summed E-state index contributed by atoms with van der Waals surface area (Å²) in [6.07, 6.45) is 1.97. The predicted octanol–water partition coefficient (Wildman–Crippen LogP) is 7.56. The van der Waals surface area contributed by atoms with Crippen molar-refractivity contribution in [2.24, 2.45) is 0 Å². The molecule has 162 valence electrons. The molecular weight excluding hydrogens is 404 g/mol. The lowest BCUT2D eigenvalue weighted by Gasteiger charge is -2.16. The van der Waals surface area contributed by atoms with Crippen LogP contribution in [0.25, 0.3) is 16.9 Å². The van der Waals surface area contributed by atoms with Crippen molar-refractivity contribution in [1.82, 2.24) is 0 Å². The number of Topliss-reactive ketones (excluding diaryl/α,β-unsaturated/α-hetero) is 1. The second-order valence-electron chi connectivity index (χ2n) is 7.53. The summed E-state index contributed by atoms with van der Waals surface area (Å²) in [5.74, 6) is 0.720. The maximum Gasteiger partial charge on any atom is 0.193 e. The van der Waals surface area contributed by atoms with Gasteiger partial charge in [-0.05, 0) is 24.1 Å². The Morgan fingerprint density at radius 3 is 1.52 bits per heavy atom. The van der Waals surface area contributed by atoms with E-state index in [0.717, 1.165) is 28.0 Å². The van der Waals surface area contributed by atoms with E-state index in [0.29, 0.717) is 17.7 Å². The molecule has 0 aromatic heterocycles. The van der Waals surface area contributed by atoms with Gasteiger partial charge < -0.3 is 4.74 Å². The van der Waals surface area contributed by atoms with Crippen molar-refractivity contribution in [2.45, 2.75) is 6.92 Å². The maximum atomic E-state index is 13.7. The summed E-state index contributed by atoms with van der Waals surface area (Å²) in [4.78, 5) is 13.7. The number of carbonyl (C=O) groups excluding carboxylic acids is 1. The molecule has 4 rings (SSSR count). The van der Waals surface area contributed by atoms with E-state index in [1.807, 2.05) is 134 Å². The zero-order chi connectivity index (χ0) is 22.9. The third-order valence-electron chi connectivity index (χ3n) is 5.31. The standard InChI is InChI=1S/C31H26O2/c1-2-33-31(27-21-13-6-14-22-27)29(25-17-9-4-10-18-25)23-28(24-15-7-3-8-16-24)30(32)26-19-11-5-12-20-26/h3-23H,2H2,1H3. The van der Waals surface area contributed by atoms with Gasteiger partial charge in [0.15, 0.2) is 5.78 Å². The molecule has 2 heteroatoms. The first-order valence-corrected chi connectivity index (χ1v) is 11.1. The third-order valence-corrected chi connectivity index (χ3v) is 5.31. The van der Waals surface area contributed by atoms with Gasteiger partial charge in [-0.15, -0.1) is 0 Å². The van der Waals surface area contributed by atoms with E-state index in [2.05, 4.69) is 0 Å². The van der Waals surface area contributed by atoms with Crippen LogP contribution in [0.1, 0.15) is 34.0 Å². The van der Waals surface area contributed by atoms with Crippen molar-refractivity contribution in [3.63, 3.8) is 0 Å². The van der Waals surface area contributed by atoms with Gasteiger partial charge in [-0.2, -0.15) is 0 Å². The molecule has 0 radical (unpaired) electrons. The number of hydrogen-bond donors (Lipinski definition) is 0. The van der Waals surface area contributed by atoms with Crippen LogP contribution in [0.5, 0.6) is 0 Å². The van der Waals surface area contributed by atoms with Gasteiger partial charge in [0.05, 0.1) is 6.61 Å². The highest BCUT2D eigenvalue weighted by Crippen LogP contribution is 2.32. The molecule has 0 aliphatic carbocycles. The Morgan fingerprint density at radius 2 is 1.03 bits per heavy atom. The van der Waals surface area contributed by atoms with E-state index >= 15 is 0 Å². The largest absolute Gasteiger partial charge is 0.493 e. The lowest BCUT2D eigenvalue weighted by Crippen LogP contribution is -2.04. The number of rotatable bonds is 8. The van der Waals surface area contributed by atoms with Crippen molar-refractivity contribution >= 4 is 22.7 Å². The molecule has 0 bridgehead atoms. The van der Waals surface area contributed by atoms with Crippen molar-refractivity contribution < 1.29 is 9.53 Å². The van der Waals surface area contributed by atoms with Crippen LogP contribution in [-0.4, -0.2) is 12.4 Å². The van der Waals surface area contributed by atoms with Gasteiger partial charge in [-0.3, -0.25) is 4.79 Å². The highest BCUT2D eigenvalue weighted by molar-refractivity contribution is 6.30. The second kappa shape index (κ2) is 10.9. The molecule has 2 nitrogen and oxygen atoms in total. The van der Waals surface area contributed by atoms with Gasteiger partial charge in [0, 0.05) is 22.3 Å². The highest BCUT2D eigenvalue weighted by atomic mass is 16.5. The number of benzene rings is 4. The first-order chi connectivity index (χ1) is 16.3. The van der Waals surface area contributed by atoms with Crippen LogP contribution < -0.4 is 0 Å². The molecule has 33 heavy (non-hydrogen) atoms. The Hall–Kier alpha value is -4.17. The van der Waals surface area contributed by atoms with Crippen molar-refractivity contribution in [2.75, 3.05) is 6.61 Å². The van der Waals surface area contributed by atoms with Gasteiger partial charge in [0.1, 0.15) is 5.76 Å². The first-order valence-electron chi connectivity index (χ1n) is 11.1. The maximum absolute atomic E-state index is 13.7. The zero-order valence-electron chi connectivity index (χ0n) is 18.6. The Bertz CT molecular complexity index is 1240. The normalized spacial score (nSPS) is 12.1. The number of ether oxygens (including phenoxy) is 1. The van der Waals surface area contributed by atoms with E-state index in [1.165, 1.54) is 0 Å². The molecule has 4 aromatic carbocycles. The second-order valence-corrected chi connectivity index (χ2v) is 7.53. The third kappa shape index (κ3) is 5.36. The molecule has 0 spiro atoms. The summed E-state index contributed by atoms with van der Waals surface area (Å²) < 4.78 is 6.19. The molecule has 0 heterocycles. The number of carbonyl (C=O) groups is 1. The molecule has 0 unspecified atom stereocenters. The van der Waals surface area contributed by atoms with Crippen LogP contribution >= 0.6 is 0 Å². The molecule has 0 aliphatic heterocycles. The van der Waals surface area contributed by atoms with Gasteiger partial charge in [0.2, 0.25) is 0 Å². The van der Waals surface area contributed by atoms with Crippen LogP contribution in [0, 0.1) is 0 Å². The summed E-state index contributed by atoms with van der Waals surface area (Å²) in [5, 5.41) is 0. The summed E-state index contributed by atoms with van der Waals surface area (Å²) in [5.41, 5.74) is 4.95. The Morgan fingerprint density at radius 1 is 0.606 bits per heavy atom. The molecule has 0 N–H and O–H groups in total. The van der Waals surface area contributed by atoms with Crippen LogP contribution in [0.15, 0.2) is 127 Å². The quantitative estimate of drug-likeness (QED) is 0.0948. The minimum Gasteiger partial charge on any atom is -0.493 e. The Kier molecular flexibility index (Phi) is 7.29. The molecular formula is C31H26O2. The molecule has 0 amide bonds. The minimum atomic E-state index is -0.0286. The average Bonchev–Trinajstić information content (AvgIpc) is 2.90. The molecule has 0 atom stereocenters.